The van der Waals surface area contributed by atoms with Gasteiger partial charge in [0.2, 0.25) is 5.75 Å². The van der Waals surface area contributed by atoms with Crippen LogP contribution in [-0.4, -0.2) is 24.1 Å². The topological polar surface area (TPSA) is 112 Å². The molecule has 0 aliphatic rings. The Kier molecular flexibility index (Phi) is 6.85. The van der Waals surface area contributed by atoms with Crippen LogP contribution >= 0.6 is 22.6 Å². The maximum absolute atomic E-state index is 11.0. The minimum absolute atomic E-state index is 0.132. The first-order valence-corrected chi connectivity index (χ1v) is 7.25. The van der Waals surface area contributed by atoms with Gasteiger partial charge in [0.05, 0.1) is 38.8 Å². The van der Waals surface area contributed by atoms with E-state index in [1.807, 2.05) is 35.6 Å². The van der Waals surface area contributed by atoms with Gasteiger partial charge in [0.15, 0.2) is 0 Å². The molecule has 21 heavy (non-hydrogen) atoms. The van der Waals surface area contributed by atoms with Crippen LogP contribution in [0.1, 0.15) is 18.9 Å². The van der Waals surface area contributed by atoms with Crippen LogP contribution in [0, 0.1) is 36.3 Å². The fourth-order valence-corrected chi connectivity index (χ4v) is 2.43. The molecule has 0 aromatic heterocycles. The first kappa shape index (κ1) is 17.1. The molecule has 0 saturated heterocycles. The smallest absolute Gasteiger partial charge is 0.313 e. The quantitative estimate of drug-likeness (QED) is 0.427. The van der Waals surface area contributed by atoms with Gasteiger partial charge in [-0.25, -0.2) is 0 Å². The Hall–Kier alpha value is -1.91. The molecule has 8 heteroatoms. The predicted octanol–water partition coefficient (Wildman–Crippen LogP) is 2.34. The molecule has 0 heterocycles. The number of hydrogen-bond donors (Lipinski definition) is 1. The summed E-state index contributed by atoms with van der Waals surface area (Å²) in [5.41, 5.74) is -0.0311. The van der Waals surface area contributed by atoms with Crippen LogP contribution in [0.3, 0.4) is 0 Å². The van der Waals surface area contributed by atoms with E-state index in [9.17, 15) is 10.1 Å². The second kappa shape index (κ2) is 8.39. The third-order valence-electron chi connectivity index (χ3n) is 2.61. The van der Waals surface area contributed by atoms with E-state index >= 15 is 0 Å². The van der Waals surface area contributed by atoms with Crippen molar-refractivity contribution in [2.75, 3.05) is 13.2 Å². The molecular formula is C13H13IN4O3. The average Bonchev–Trinajstić information content (AvgIpc) is 2.46. The van der Waals surface area contributed by atoms with Crippen LogP contribution in [-0.2, 0) is 0 Å². The molecule has 1 atom stereocenters. The standard InChI is InChI=1S/C13H13IN4O3/c1-2-17-10(8-16)3-4-21-13-11(14)5-9(7-15)6-12(13)18(19)20/h5-6,10,17H,2-4H2,1H3. The molecule has 0 bridgehead atoms. The van der Waals surface area contributed by atoms with Crippen LogP contribution in [0.4, 0.5) is 5.69 Å². The van der Waals surface area contributed by atoms with Gasteiger partial charge in [-0.1, -0.05) is 6.92 Å². The zero-order valence-corrected chi connectivity index (χ0v) is 13.5. The number of nitro groups is 1. The van der Waals surface area contributed by atoms with Crippen molar-refractivity contribution in [2.45, 2.75) is 19.4 Å². The average molecular weight is 400 g/mol. The van der Waals surface area contributed by atoms with Gasteiger partial charge in [0.1, 0.15) is 0 Å². The van der Waals surface area contributed by atoms with Crippen LogP contribution < -0.4 is 10.1 Å². The second-order valence-electron chi connectivity index (χ2n) is 4.05. The second-order valence-corrected chi connectivity index (χ2v) is 5.21. The first-order valence-electron chi connectivity index (χ1n) is 6.17. The zero-order chi connectivity index (χ0) is 15.8. The molecular weight excluding hydrogens is 387 g/mol. The van der Waals surface area contributed by atoms with Gasteiger partial charge in [-0.3, -0.25) is 10.1 Å². The lowest BCUT2D eigenvalue weighted by Gasteiger charge is -2.12. The summed E-state index contributed by atoms with van der Waals surface area (Å²) in [5.74, 6) is 0.132. The maximum Gasteiger partial charge on any atom is 0.313 e. The Labute approximate surface area is 135 Å². The predicted molar refractivity (Wildman–Crippen MR) is 83.7 cm³/mol. The van der Waals surface area contributed by atoms with E-state index in [1.54, 1.807) is 0 Å². The molecule has 0 radical (unpaired) electrons. The number of halogens is 1. The molecule has 1 N–H and O–H groups in total. The highest BCUT2D eigenvalue weighted by Crippen LogP contribution is 2.33. The molecule has 0 amide bonds. The van der Waals surface area contributed by atoms with Gasteiger partial charge >= 0.3 is 5.69 Å². The number of nitrogens with zero attached hydrogens (tertiary/aromatic N) is 3. The van der Waals surface area contributed by atoms with Gasteiger partial charge in [-0.15, -0.1) is 0 Å². The number of rotatable bonds is 7. The van der Waals surface area contributed by atoms with E-state index in [2.05, 4.69) is 11.4 Å². The van der Waals surface area contributed by atoms with Crippen LogP contribution in [0.15, 0.2) is 12.1 Å². The minimum atomic E-state index is -0.579. The molecule has 0 aliphatic carbocycles. The lowest BCUT2D eigenvalue weighted by molar-refractivity contribution is -0.386. The Morgan fingerprint density at radius 3 is 2.76 bits per heavy atom. The Morgan fingerprint density at radius 2 is 2.24 bits per heavy atom. The van der Waals surface area contributed by atoms with E-state index in [0.29, 0.717) is 16.5 Å². The van der Waals surface area contributed by atoms with Crippen molar-refractivity contribution >= 4 is 28.3 Å². The third-order valence-corrected chi connectivity index (χ3v) is 3.41. The molecule has 1 rings (SSSR count). The molecule has 0 spiro atoms. The van der Waals surface area contributed by atoms with Crippen LogP contribution in [0.25, 0.3) is 0 Å². The lowest BCUT2D eigenvalue weighted by Crippen LogP contribution is -2.29. The van der Waals surface area contributed by atoms with Gasteiger partial charge in [-0.2, -0.15) is 10.5 Å². The highest BCUT2D eigenvalue weighted by molar-refractivity contribution is 14.1. The number of nitro benzene ring substituents is 1. The Morgan fingerprint density at radius 1 is 1.52 bits per heavy atom. The first-order chi connectivity index (χ1) is 10.0. The molecule has 1 unspecified atom stereocenters. The largest absolute Gasteiger partial charge is 0.486 e. The van der Waals surface area contributed by atoms with Crippen molar-refractivity contribution in [3.8, 4) is 17.9 Å². The number of ether oxygens (including phenoxy) is 1. The van der Waals surface area contributed by atoms with E-state index in [4.69, 9.17) is 15.3 Å². The number of hydrogen-bond acceptors (Lipinski definition) is 6. The van der Waals surface area contributed by atoms with Crippen molar-refractivity contribution in [2.24, 2.45) is 0 Å². The van der Waals surface area contributed by atoms with Crippen molar-refractivity contribution in [1.29, 1.82) is 10.5 Å². The molecule has 1 aromatic carbocycles. The zero-order valence-electron chi connectivity index (χ0n) is 11.3. The van der Waals surface area contributed by atoms with Crippen molar-refractivity contribution in [1.82, 2.24) is 5.32 Å². The Balaban J connectivity index is 2.86. The SMILES string of the molecule is CCNC(C#N)CCOc1c(I)cc(C#N)cc1[N+](=O)[O-]. The normalized spacial score (nSPS) is 11.2. The summed E-state index contributed by atoms with van der Waals surface area (Å²) < 4.78 is 5.95. The fourth-order valence-electron chi connectivity index (χ4n) is 1.66. The van der Waals surface area contributed by atoms with Crippen molar-refractivity contribution in [3.63, 3.8) is 0 Å². The number of benzene rings is 1. The summed E-state index contributed by atoms with van der Waals surface area (Å²) in [7, 11) is 0. The van der Waals surface area contributed by atoms with Crippen LogP contribution in [0.5, 0.6) is 5.75 Å². The summed E-state index contributed by atoms with van der Waals surface area (Å²) in [6, 6.07) is 6.31. The highest BCUT2D eigenvalue weighted by Gasteiger charge is 2.20. The molecule has 1 aromatic rings. The molecule has 7 nitrogen and oxygen atoms in total. The van der Waals surface area contributed by atoms with Gasteiger partial charge < -0.3 is 10.1 Å². The van der Waals surface area contributed by atoms with E-state index in [0.717, 1.165) is 0 Å². The monoisotopic (exact) mass is 400 g/mol. The van der Waals surface area contributed by atoms with Crippen molar-refractivity contribution < 1.29 is 9.66 Å². The minimum Gasteiger partial charge on any atom is -0.486 e. The number of nitriles is 2. The molecule has 0 aliphatic heterocycles. The van der Waals surface area contributed by atoms with Crippen molar-refractivity contribution in [3.05, 3.63) is 31.4 Å². The summed E-state index contributed by atoms with van der Waals surface area (Å²) in [5, 5.41) is 31.8. The van der Waals surface area contributed by atoms with E-state index < -0.39 is 4.92 Å². The fraction of sp³-hybridized carbons (Fsp3) is 0.385. The lowest BCUT2D eigenvalue weighted by atomic mass is 10.2. The maximum atomic E-state index is 11.0. The number of nitrogens with one attached hydrogen (secondary N) is 1. The molecule has 0 fully saturated rings. The van der Waals surface area contributed by atoms with Crippen LogP contribution in [0.2, 0.25) is 0 Å². The summed E-state index contributed by atoms with van der Waals surface area (Å²) >= 11 is 1.89. The van der Waals surface area contributed by atoms with E-state index in [-0.39, 0.29) is 29.6 Å². The van der Waals surface area contributed by atoms with Gasteiger partial charge in [-0.05, 0) is 35.2 Å². The van der Waals surface area contributed by atoms with E-state index in [1.165, 1.54) is 12.1 Å². The molecule has 0 saturated carbocycles. The van der Waals surface area contributed by atoms with Gasteiger partial charge in [0.25, 0.3) is 0 Å². The third kappa shape index (κ3) is 4.85. The van der Waals surface area contributed by atoms with Gasteiger partial charge in [0, 0.05) is 12.5 Å². The summed E-state index contributed by atoms with van der Waals surface area (Å²) in [6.07, 6.45) is 0.414. The summed E-state index contributed by atoms with van der Waals surface area (Å²) in [6.45, 7) is 2.72. The molecule has 110 valence electrons. The Bertz CT molecular complexity index is 607. The highest BCUT2D eigenvalue weighted by atomic mass is 127. The summed E-state index contributed by atoms with van der Waals surface area (Å²) in [4.78, 5) is 10.5.